The lowest BCUT2D eigenvalue weighted by Gasteiger charge is -2.40. The number of likely N-dealkylation sites (N-methyl/N-ethyl adjacent to an activating group) is 1. The van der Waals surface area contributed by atoms with E-state index in [-0.39, 0.29) is 18.6 Å². The monoisotopic (exact) mass is 371 g/mol. The third kappa shape index (κ3) is 2.80. The van der Waals surface area contributed by atoms with Gasteiger partial charge in [0.1, 0.15) is 0 Å². The van der Waals surface area contributed by atoms with Crippen LogP contribution in [0.25, 0.3) is 11.1 Å². The average molecular weight is 371 g/mol. The van der Waals surface area contributed by atoms with Gasteiger partial charge in [-0.05, 0) is 60.3 Å². The second-order valence-corrected chi connectivity index (χ2v) is 7.04. The molecule has 6 heteroatoms. The highest BCUT2D eigenvalue weighted by atomic mass is 16.7. The van der Waals surface area contributed by atoms with Gasteiger partial charge in [0.2, 0.25) is 0 Å². The quantitative estimate of drug-likeness (QED) is 0.815. The highest BCUT2D eigenvalue weighted by Crippen LogP contribution is 2.53. The Morgan fingerprint density at radius 2 is 1.89 bits per heavy atom. The van der Waals surface area contributed by atoms with Gasteiger partial charge in [0, 0.05) is 25.3 Å². The van der Waals surface area contributed by atoms with Crippen LogP contribution in [0.2, 0.25) is 0 Å². The summed E-state index contributed by atoms with van der Waals surface area (Å²) < 4.78 is 21.9. The van der Waals surface area contributed by atoms with Gasteiger partial charge in [-0.1, -0.05) is 0 Å². The molecule has 0 saturated heterocycles. The molecule has 4 rings (SSSR count). The minimum Gasteiger partial charge on any atom is -0.504 e. The molecule has 1 aliphatic heterocycles. The highest BCUT2D eigenvalue weighted by molar-refractivity contribution is 5.84. The molecule has 1 heterocycles. The molecule has 0 bridgehead atoms. The number of ether oxygens (including phenoxy) is 4. The van der Waals surface area contributed by atoms with Gasteiger partial charge in [-0.15, -0.1) is 0 Å². The summed E-state index contributed by atoms with van der Waals surface area (Å²) in [6.07, 6.45) is 1.78. The minimum absolute atomic E-state index is 0.156. The van der Waals surface area contributed by atoms with Crippen molar-refractivity contribution in [2.45, 2.75) is 18.9 Å². The van der Waals surface area contributed by atoms with Gasteiger partial charge < -0.3 is 24.1 Å². The van der Waals surface area contributed by atoms with Crippen LogP contribution in [0.4, 0.5) is 0 Å². The molecule has 1 N–H and O–H groups in total. The first-order valence-electron chi connectivity index (χ1n) is 9.05. The van der Waals surface area contributed by atoms with E-state index in [1.165, 1.54) is 11.1 Å². The van der Waals surface area contributed by atoms with Crippen LogP contribution in [0.3, 0.4) is 0 Å². The molecule has 1 atom stereocenters. The number of benzene rings is 2. The second-order valence-electron chi connectivity index (χ2n) is 7.04. The summed E-state index contributed by atoms with van der Waals surface area (Å²) >= 11 is 0. The normalized spacial score (nSPS) is 17.9. The summed E-state index contributed by atoms with van der Waals surface area (Å²) in [5, 5.41) is 10.6. The lowest BCUT2D eigenvalue weighted by molar-refractivity contribution is 0.0491. The molecule has 2 aromatic rings. The molecule has 144 valence electrons. The van der Waals surface area contributed by atoms with E-state index in [1.807, 2.05) is 18.2 Å². The molecule has 2 aromatic carbocycles. The Balaban J connectivity index is 1.97. The van der Waals surface area contributed by atoms with Crippen LogP contribution in [0.15, 0.2) is 18.2 Å². The van der Waals surface area contributed by atoms with Gasteiger partial charge in [0.05, 0.1) is 14.2 Å². The maximum atomic E-state index is 10.6. The molecule has 0 aromatic heterocycles. The summed E-state index contributed by atoms with van der Waals surface area (Å²) in [4.78, 5) is 2.37. The summed E-state index contributed by atoms with van der Waals surface area (Å²) in [5.41, 5.74) is 5.56. The van der Waals surface area contributed by atoms with Crippen LogP contribution >= 0.6 is 0 Å². The predicted octanol–water partition coefficient (Wildman–Crippen LogP) is 3.14. The lowest BCUT2D eigenvalue weighted by atomic mass is 9.76. The van der Waals surface area contributed by atoms with Crippen molar-refractivity contribution in [3.63, 3.8) is 0 Å². The molecule has 0 saturated carbocycles. The van der Waals surface area contributed by atoms with Crippen LogP contribution in [0.5, 0.6) is 23.0 Å². The van der Waals surface area contributed by atoms with Crippen molar-refractivity contribution < 1.29 is 24.1 Å². The molecule has 0 spiro atoms. The van der Waals surface area contributed by atoms with Crippen LogP contribution in [0.1, 0.15) is 22.7 Å². The Labute approximate surface area is 159 Å². The number of aromatic hydroxyl groups is 1. The van der Waals surface area contributed by atoms with Gasteiger partial charge in [-0.25, -0.2) is 0 Å². The zero-order chi connectivity index (χ0) is 19.1. The van der Waals surface area contributed by atoms with Gasteiger partial charge >= 0.3 is 0 Å². The van der Waals surface area contributed by atoms with Gasteiger partial charge in [0.25, 0.3) is 0 Å². The number of phenols is 1. The maximum Gasteiger partial charge on any atom is 0.188 e. The summed E-state index contributed by atoms with van der Waals surface area (Å²) in [7, 11) is 6.96. The molecule has 0 unspecified atom stereocenters. The van der Waals surface area contributed by atoms with E-state index < -0.39 is 0 Å². The molecular weight excluding hydrogens is 346 g/mol. The summed E-state index contributed by atoms with van der Waals surface area (Å²) in [6, 6.07) is 6.09. The number of methoxy groups -OCH3 is 3. The van der Waals surface area contributed by atoms with E-state index in [2.05, 4.69) is 11.9 Å². The van der Waals surface area contributed by atoms with E-state index >= 15 is 0 Å². The zero-order valence-corrected chi connectivity index (χ0v) is 16.2. The highest BCUT2D eigenvalue weighted by Gasteiger charge is 2.36. The topological polar surface area (TPSA) is 60.4 Å². The number of hydrogen-bond donors (Lipinski definition) is 1. The smallest absolute Gasteiger partial charge is 0.188 e. The van der Waals surface area contributed by atoms with Crippen molar-refractivity contribution in [3.8, 4) is 34.1 Å². The van der Waals surface area contributed by atoms with Crippen molar-refractivity contribution in [3.05, 3.63) is 34.9 Å². The fourth-order valence-corrected chi connectivity index (χ4v) is 4.32. The van der Waals surface area contributed by atoms with Crippen molar-refractivity contribution in [2.24, 2.45) is 0 Å². The third-order valence-corrected chi connectivity index (χ3v) is 5.59. The van der Waals surface area contributed by atoms with Crippen LogP contribution in [-0.4, -0.2) is 51.7 Å². The minimum atomic E-state index is 0.156. The number of fused-ring (bicyclic) bond motifs is 2. The van der Waals surface area contributed by atoms with Crippen LogP contribution in [-0.2, 0) is 17.6 Å². The molecule has 0 amide bonds. The van der Waals surface area contributed by atoms with E-state index in [0.717, 1.165) is 36.1 Å². The number of hydrogen-bond acceptors (Lipinski definition) is 6. The third-order valence-electron chi connectivity index (χ3n) is 5.59. The summed E-state index contributed by atoms with van der Waals surface area (Å²) in [6.45, 7) is 1.12. The Hall–Kier alpha value is -2.44. The van der Waals surface area contributed by atoms with Crippen LogP contribution in [0, 0.1) is 0 Å². The SMILES string of the molecule is COCOc1cc2c(cc1OC)-c1c(OC)c(O)cc3c1[C@H](C2)N(C)CC3. The van der Waals surface area contributed by atoms with Gasteiger partial charge in [-0.3, -0.25) is 4.90 Å². The largest absolute Gasteiger partial charge is 0.504 e. The van der Waals surface area contributed by atoms with Gasteiger partial charge in [0.15, 0.2) is 29.8 Å². The molecule has 6 nitrogen and oxygen atoms in total. The fraction of sp³-hybridized carbons (Fsp3) is 0.429. The van der Waals surface area contributed by atoms with Crippen molar-refractivity contribution >= 4 is 0 Å². The predicted molar refractivity (Wildman–Crippen MR) is 102 cm³/mol. The molecule has 0 radical (unpaired) electrons. The number of rotatable bonds is 5. The average Bonchev–Trinajstić information content (AvgIpc) is 2.68. The lowest BCUT2D eigenvalue weighted by Crippen LogP contribution is -2.35. The second kappa shape index (κ2) is 6.94. The maximum absolute atomic E-state index is 10.6. The molecular formula is C21H25NO5. The standard InChI is InChI=1S/C21H25NO5/c1-22-6-5-12-8-16(23)21(26-4)20-14-10-17(25-3)18(27-11-24-2)9-13(14)7-15(22)19(12)20/h8-10,15,23H,5-7,11H2,1-4H3/t15-/m0/s1. The number of phenolic OH excluding ortho intramolecular Hbond substituents is 1. The Bertz CT molecular complexity index is 880. The molecule has 2 aliphatic rings. The van der Waals surface area contributed by atoms with Crippen LogP contribution < -0.4 is 14.2 Å². The zero-order valence-electron chi connectivity index (χ0n) is 16.2. The van der Waals surface area contributed by atoms with E-state index in [1.54, 1.807) is 21.3 Å². The first-order valence-corrected chi connectivity index (χ1v) is 9.05. The molecule has 0 fully saturated rings. The fourth-order valence-electron chi connectivity index (χ4n) is 4.32. The molecule has 27 heavy (non-hydrogen) atoms. The van der Waals surface area contributed by atoms with Crippen molar-refractivity contribution in [1.29, 1.82) is 0 Å². The van der Waals surface area contributed by atoms with E-state index in [4.69, 9.17) is 18.9 Å². The van der Waals surface area contributed by atoms with Gasteiger partial charge in [-0.2, -0.15) is 0 Å². The van der Waals surface area contributed by atoms with E-state index in [0.29, 0.717) is 17.2 Å². The Kier molecular flexibility index (Phi) is 4.61. The Morgan fingerprint density at radius 1 is 1.07 bits per heavy atom. The molecule has 1 aliphatic carbocycles. The van der Waals surface area contributed by atoms with Crippen molar-refractivity contribution in [1.82, 2.24) is 4.90 Å². The van der Waals surface area contributed by atoms with Crippen molar-refractivity contribution in [2.75, 3.05) is 41.7 Å². The first kappa shape index (κ1) is 17.9. The first-order chi connectivity index (χ1) is 13.1. The summed E-state index contributed by atoms with van der Waals surface area (Å²) in [5.74, 6) is 1.98. The number of nitrogens with zero attached hydrogens (tertiary/aromatic N) is 1. The van der Waals surface area contributed by atoms with E-state index in [9.17, 15) is 5.11 Å². The Morgan fingerprint density at radius 3 is 2.59 bits per heavy atom.